The van der Waals surface area contributed by atoms with E-state index in [0.29, 0.717) is 12.1 Å². The van der Waals surface area contributed by atoms with Crippen LogP contribution in [0.2, 0.25) is 0 Å². The van der Waals surface area contributed by atoms with Crippen LogP contribution in [0.4, 0.5) is 0 Å². The molecule has 0 fully saturated rings. The zero-order valence-corrected chi connectivity index (χ0v) is 12.1. The van der Waals surface area contributed by atoms with Crippen LogP contribution in [-0.4, -0.2) is 29.1 Å². The van der Waals surface area contributed by atoms with E-state index in [9.17, 15) is 4.79 Å². The molecule has 0 atom stereocenters. The molecule has 4 nitrogen and oxygen atoms in total. The molecule has 1 N–H and O–H groups in total. The van der Waals surface area contributed by atoms with Crippen molar-refractivity contribution in [2.75, 3.05) is 13.1 Å². The van der Waals surface area contributed by atoms with Crippen LogP contribution < -0.4 is 0 Å². The Labute approximate surface area is 124 Å². The number of nitrogens with zero attached hydrogens (tertiary/aromatic N) is 1. The molecule has 1 aromatic carbocycles. The standard InChI is InChI=1S/C17H19NO3/c1-12-10-15(21-16(12)17(19)20)11-18-8-6-13-4-2-3-5-14(13)7-9-18/h2-5,10H,6-9,11H2,1H3,(H,19,20). The Morgan fingerprint density at radius 1 is 1.24 bits per heavy atom. The number of furan rings is 1. The fourth-order valence-electron chi connectivity index (χ4n) is 2.93. The Bertz CT molecular complexity index is 633. The smallest absolute Gasteiger partial charge is 0.372 e. The molecule has 2 heterocycles. The molecule has 0 saturated heterocycles. The van der Waals surface area contributed by atoms with Crippen molar-refractivity contribution in [2.45, 2.75) is 26.3 Å². The lowest BCUT2D eigenvalue weighted by Crippen LogP contribution is -2.25. The van der Waals surface area contributed by atoms with Gasteiger partial charge in [0.25, 0.3) is 0 Å². The van der Waals surface area contributed by atoms with E-state index in [-0.39, 0.29) is 5.76 Å². The maximum Gasteiger partial charge on any atom is 0.372 e. The summed E-state index contributed by atoms with van der Waals surface area (Å²) in [4.78, 5) is 13.3. The molecule has 0 saturated carbocycles. The number of aromatic carboxylic acids is 1. The molecule has 4 heteroatoms. The van der Waals surface area contributed by atoms with Gasteiger partial charge in [-0.2, -0.15) is 0 Å². The monoisotopic (exact) mass is 285 g/mol. The number of aryl methyl sites for hydroxylation is 1. The second-order valence-electron chi connectivity index (χ2n) is 5.57. The van der Waals surface area contributed by atoms with Gasteiger partial charge in [0.1, 0.15) is 5.76 Å². The van der Waals surface area contributed by atoms with E-state index >= 15 is 0 Å². The van der Waals surface area contributed by atoms with Gasteiger partial charge < -0.3 is 9.52 Å². The van der Waals surface area contributed by atoms with Gasteiger partial charge >= 0.3 is 5.97 Å². The largest absolute Gasteiger partial charge is 0.475 e. The lowest BCUT2D eigenvalue weighted by molar-refractivity contribution is 0.0657. The van der Waals surface area contributed by atoms with Gasteiger partial charge in [0.05, 0.1) is 6.54 Å². The number of carbonyl (C=O) groups is 1. The fourth-order valence-corrected chi connectivity index (χ4v) is 2.93. The topological polar surface area (TPSA) is 53.7 Å². The van der Waals surface area contributed by atoms with Crippen LogP contribution in [0, 0.1) is 6.92 Å². The molecular formula is C17H19NO3. The summed E-state index contributed by atoms with van der Waals surface area (Å²) >= 11 is 0. The SMILES string of the molecule is Cc1cc(CN2CCc3ccccc3CC2)oc1C(=O)O. The molecule has 0 aliphatic carbocycles. The van der Waals surface area contributed by atoms with Crippen LogP contribution in [0.5, 0.6) is 0 Å². The summed E-state index contributed by atoms with van der Waals surface area (Å²) in [6.07, 6.45) is 2.06. The van der Waals surface area contributed by atoms with E-state index in [1.165, 1.54) is 11.1 Å². The number of fused-ring (bicyclic) bond motifs is 1. The molecule has 1 aliphatic rings. The van der Waals surface area contributed by atoms with Gasteiger partial charge in [-0.3, -0.25) is 4.90 Å². The molecule has 110 valence electrons. The molecule has 0 amide bonds. The first kappa shape index (κ1) is 13.9. The Hall–Kier alpha value is -2.07. The van der Waals surface area contributed by atoms with Gasteiger partial charge in [0.15, 0.2) is 0 Å². The third-order valence-corrected chi connectivity index (χ3v) is 4.06. The van der Waals surface area contributed by atoms with Crippen molar-refractivity contribution in [3.8, 4) is 0 Å². The average molecular weight is 285 g/mol. The van der Waals surface area contributed by atoms with Gasteiger partial charge in [-0.15, -0.1) is 0 Å². The molecule has 3 rings (SSSR count). The van der Waals surface area contributed by atoms with Gasteiger partial charge in [-0.05, 0) is 37.0 Å². The highest BCUT2D eigenvalue weighted by Gasteiger charge is 2.18. The summed E-state index contributed by atoms with van der Waals surface area (Å²) in [6, 6.07) is 10.4. The highest BCUT2D eigenvalue weighted by Crippen LogP contribution is 2.20. The molecule has 21 heavy (non-hydrogen) atoms. The van der Waals surface area contributed by atoms with Gasteiger partial charge in [0, 0.05) is 18.7 Å². The zero-order valence-electron chi connectivity index (χ0n) is 12.1. The minimum absolute atomic E-state index is 0.0584. The van der Waals surface area contributed by atoms with Crippen molar-refractivity contribution in [1.29, 1.82) is 0 Å². The summed E-state index contributed by atoms with van der Waals surface area (Å²) in [6.45, 7) is 4.38. The molecular weight excluding hydrogens is 266 g/mol. The Morgan fingerprint density at radius 3 is 2.38 bits per heavy atom. The molecule has 1 aromatic heterocycles. The van der Waals surface area contributed by atoms with Crippen LogP contribution in [0.3, 0.4) is 0 Å². The molecule has 1 aliphatic heterocycles. The second-order valence-corrected chi connectivity index (χ2v) is 5.57. The van der Waals surface area contributed by atoms with Crippen molar-refractivity contribution in [1.82, 2.24) is 4.90 Å². The minimum atomic E-state index is -0.998. The van der Waals surface area contributed by atoms with E-state index < -0.39 is 5.97 Å². The summed E-state index contributed by atoms with van der Waals surface area (Å²) < 4.78 is 5.46. The van der Waals surface area contributed by atoms with E-state index in [1.807, 2.05) is 6.07 Å². The zero-order chi connectivity index (χ0) is 14.8. The van der Waals surface area contributed by atoms with E-state index in [4.69, 9.17) is 9.52 Å². The van der Waals surface area contributed by atoms with Crippen molar-refractivity contribution in [3.63, 3.8) is 0 Å². The van der Waals surface area contributed by atoms with E-state index in [2.05, 4.69) is 29.2 Å². The quantitative estimate of drug-likeness (QED) is 0.942. The maximum absolute atomic E-state index is 11.0. The lowest BCUT2D eigenvalue weighted by Gasteiger charge is -2.17. The van der Waals surface area contributed by atoms with Gasteiger partial charge in [-0.25, -0.2) is 4.79 Å². The fraction of sp³-hybridized carbons (Fsp3) is 0.353. The summed E-state index contributed by atoms with van der Waals surface area (Å²) in [5, 5.41) is 9.04. The molecule has 0 bridgehead atoms. The number of carboxylic acids is 1. The number of carboxylic acid groups (broad SMARTS) is 1. The van der Waals surface area contributed by atoms with Crippen LogP contribution in [0.25, 0.3) is 0 Å². The minimum Gasteiger partial charge on any atom is -0.475 e. The predicted octanol–water partition coefficient (Wildman–Crippen LogP) is 2.89. The van der Waals surface area contributed by atoms with Crippen LogP contribution in [0.15, 0.2) is 34.7 Å². The Morgan fingerprint density at radius 2 is 1.86 bits per heavy atom. The summed E-state index contributed by atoms with van der Waals surface area (Å²) in [5.74, 6) is -0.207. The second kappa shape index (κ2) is 5.74. The number of benzene rings is 1. The van der Waals surface area contributed by atoms with Crippen LogP contribution >= 0.6 is 0 Å². The number of rotatable bonds is 3. The number of hydrogen-bond donors (Lipinski definition) is 1. The normalized spacial score (nSPS) is 15.5. The molecule has 0 spiro atoms. The van der Waals surface area contributed by atoms with Crippen LogP contribution in [0.1, 0.15) is 33.0 Å². The highest BCUT2D eigenvalue weighted by molar-refractivity contribution is 5.86. The van der Waals surface area contributed by atoms with E-state index in [0.717, 1.165) is 31.7 Å². The number of hydrogen-bond acceptors (Lipinski definition) is 3. The van der Waals surface area contributed by atoms with Crippen molar-refractivity contribution in [3.05, 3.63) is 58.5 Å². The highest BCUT2D eigenvalue weighted by atomic mass is 16.4. The van der Waals surface area contributed by atoms with Crippen molar-refractivity contribution in [2.24, 2.45) is 0 Å². The summed E-state index contributed by atoms with van der Waals surface area (Å²) in [5.41, 5.74) is 3.53. The summed E-state index contributed by atoms with van der Waals surface area (Å²) in [7, 11) is 0. The molecule has 0 radical (unpaired) electrons. The van der Waals surface area contributed by atoms with Crippen molar-refractivity contribution >= 4 is 5.97 Å². The third-order valence-electron chi connectivity index (χ3n) is 4.06. The van der Waals surface area contributed by atoms with Gasteiger partial charge in [0.2, 0.25) is 5.76 Å². The Kier molecular flexibility index (Phi) is 3.80. The first-order chi connectivity index (χ1) is 10.1. The van der Waals surface area contributed by atoms with Gasteiger partial charge in [-0.1, -0.05) is 24.3 Å². The lowest BCUT2D eigenvalue weighted by atomic mass is 10.0. The first-order valence-electron chi connectivity index (χ1n) is 7.25. The van der Waals surface area contributed by atoms with Crippen molar-refractivity contribution < 1.29 is 14.3 Å². The Balaban J connectivity index is 1.70. The first-order valence-corrected chi connectivity index (χ1v) is 7.25. The molecule has 0 unspecified atom stereocenters. The third kappa shape index (κ3) is 3.00. The maximum atomic E-state index is 11.0. The average Bonchev–Trinajstić information content (AvgIpc) is 2.71. The van der Waals surface area contributed by atoms with E-state index in [1.54, 1.807) is 6.92 Å². The molecule has 2 aromatic rings. The van der Waals surface area contributed by atoms with Crippen LogP contribution in [-0.2, 0) is 19.4 Å². The predicted molar refractivity (Wildman–Crippen MR) is 79.5 cm³/mol.